The first-order valence-corrected chi connectivity index (χ1v) is 5.54. The number of hydrogen-bond donors (Lipinski definition) is 2. The van der Waals surface area contributed by atoms with Crippen molar-refractivity contribution in [3.8, 4) is 5.75 Å². The predicted molar refractivity (Wildman–Crippen MR) is 72.4 cm³/mol. The molecular formula is C14H14N2O2. The molecule has 0 aliphatic rings. The lowest BCUT2D eigenvalue weighted by molar-refractivity contribution is -0.105. The quantitative estimate of drug-likeness (QED) is 0.792. The Morgan fingerprint density at radius 3 is 2.50 bits per heavy atom. The molecule has 0 saturated heterocycles. The molecule has 2 aromatic carbocycles. The lowest BCUT2D eigenvalue weighted by atomic mass is 10.2. The summed E-state index contributed by atoms with van der Waals surface area (Å²) >= 11 is 0. The van der Waals surface area contributed by atoms with E-state index in [0.717, 1.165) is 11.4 Å². The van der Waals surface area contributed by atoms with E-state index >= 15 is 0 Å². The van der Waals surface area contributed by atoms with Crippen molar-refractivity contribution in [3.05, 3.63) is 48.5 Å². The monoisotopic (exact) mass is 242 g/mol. The van der Waals surface area contributed by atoms with Crippen molar-refractivity contribution in [2.45, 2.75) is 0 Å². The first kappa shape index (κ1) is 12.0. The molecule has 0 spiro atoms. The van der Waals surface area contributed by atoms with Crippen LogP contribution in [0.15, 0.2) is 48.5 Å². The first-order chi connectivity index (χ1) is 8.83. The van der Waals surface area contributed by atoms with Gasteiger partial charge in [0.1, 0.15) is 5.75 Å². The van der Waals surface area contributed by atoms with Crippen molar-refractivity contribution in [1.82, 2.24) is 0 Å². The van der Waals surface area contributed by atoms with Crippen molar-refractivity contribution in [3.63, 3.8) is 0 Å². The number of carbonyl (C=O) groups is 1. The van der Waals surface area contributed by atoms with Gasteiger partial charge >= 0.3 is 0 Å². The summed E-state index contributed by atoms with van der Waals surface area (Å²) in [4.78, 5) is 10.5. The minimum absolute atomic E-state index is 0.626. The molecule has 0 bridgehead atoms. The van der Waals surface area contributed by atoms with Crippen molar-refractivity contribution >= 4 is 23.5 Å². The van der Waals surface area contributed by atoms with Gasteiger partial charge in [-0.15, -0.1) is 0 Å². The number of amides is 1. The van der Waals surface area contributed by atoms with E-state index in [1.807, 2.05) is 42.5 Å². The number of rotatable bonds is 5. The highest BCUT2D eigenvalue weighted by Crippen LogP contribution is 2.28. The van der Waals surface area contributed by atoms with Gasteiger partial charge in [-0.3, -0.25) is 4.79 Å². The fourth-order valence-corrected chi connectivity index (χ4v) is 1.65. The Balaban J connectivity index is 2.24. The van der Waals surface area contributed by atoms with Gasteiger partial charge in [0.25, 0.3) is 0 Å². The molecule has 0 radical (unpaired) electrons. The van der Waals surface area contributed by atoms with Gasteiger partial charge in [-0.2, -0.15) is 0 Å². The molecule has 2 rings (SSSR count). The van der Waals surface area contributed by atoms with Gasteiger partial charge in [-0.1, -0.05) is 18.2 Å². The molecular weight excluding hydrogens is 228 g/mol. The molecule has 0 fully saturated rings. The van der Waals surface area contributed by atoms with E-state index in [0.29, 0.717) is 17.8 Å². The number of para-hydroxylation sites is 1. The topological polar surface area (TPSA) is 50.4 Å². The average molecular weight is 242 g/mol. The first-order valence-electron chi connectivity index (χ1n) is 5.54. The number of ether oxygens (including phenoxy) is 1. The highest BCUT2D eigenvalue weighted by molar-refractivity contribution is 5.79. The molecule has 0 heterocycles. The zero-order valence-electron chi connectivity index (χ0n) is 10.0. The summed E-state index contributed by atoms with van der Waals surface area (Å²) in [5, 5.41) is 5.85. The van der Waals surface area contributed by atoms with Crippen LogP contribution in [-0.4, -0.2) is 13.5 Å². The fraction of sp³-hybridized carbons (Fsp3) is 0.0714. The van der Waals surface area contributed by atoms with Gasteiger partial charge in [-0.05, 0) is 30.3 Å². The summed E-state index contributed by atoms with van der Waals surface area (Å²) in [5.41, 5.74) is 2.50. The molecule has 2 aromatic rings. The van der Waals surface area contributed by atoms with E-state index in [2.05, 4.69) is 10.6 Å². The third kappa shape index (κ3) is 2.79. The summed E-state index contributed by atoms with van der Waals surface area (Å²) < 4.78 is 5.15. The Kier molecular flexibility index (Phi) is 3.81. The van der Waals surface area contributed by atoms with E-state index in [9.17, 15) is 4.79 Å². The van der Waals surface area contributed by atoms with Gasteiger partial charge in [0.15, 0.2) is 0 Å². The van der Waals surface area contributed by atoms with E-state index in [-0.39, 0.29) is 0 Å². The SMILES string of the molecule is COc1ccc(Nc2ccccc2)cc1NC=O. The maximum atomic E-state index is 10.5. The van der Waals surface area contributed by atoms with E-state index in [1.165, 1.54) is 0 Å². The van der Waals surface area contributed by atoms with Crippen molar-refractivity contribution in [1.29, 1.82) is 0 Å². The maximum absolute atomic E-state index is 10.5. The van der Waals surface area contributed by atoms with Crippen LogP contribution in [0.1, 0.15) is 0 Å². The predicted octanol–water partition coefficient (Wildman–Crippen LogP) is 3.01. The number of carbonyl (C=O) groups excluding carboxylic acids is 1. The van der Waals surface area contributed by atoms with Crippen LogP contribution in [-0.2, 0) is 4.79 Å². The largest absolute Gasteiger partial charge is 0.495 e. The maximum Gasteiger partial charge on any atom is 0.211 e. The lowest BCUT2D eigenvalue weighted by Crippen LogP contribution is -1.99. The Bertz CT molecular complexity index is 527. The van der Waals surface area contributed by atoms with E-state index < -0.39 is 0 Å². The number of benzene rings is 2. The van der Waals surface area contributed by atoms with Crippen LogP contribution >= 0.6 is 0 Å². The second kappa shape index (κ2) is 5.72. The van der Waals surface area contributed by atoms with Crippen LogP contribution in [0.4, 0.5) is 17.1 Å². The summed E-state index contributed by atoms with van der Waals surface area (Å²) in [6, 6.07) is 15.3. The normalized spacial score (nSPS) is 9.61. The fourth-order valence-electron chi connectivity index (χ4n) is 1.65. The summed E-state index contributed by atoms with van der Waals surface area (Å²) in [6.45, 7) is 0. The number of nitrogens with one attached hydrogen (secondary N) is 2. The van der Waals surface area contributed by atoms with Gasteiger partial charge < -0.3 is 15.4 Å². The van der Waals surface area contributed by atoms with Crippen LogP contribution in [0.5, 0.6) is 5.75 Å². The molecule has 0 saturated carbocycles. The number of hydrogen-bond acceptors (Lipinski definition) is 3. The van der Waals surface area contributed by atoms with Gasteiger partial charge in [0.2, 0.25) is 6.41 Å². The molecule has 2 N–H and O–H groups in total. The number of anilines is 3. The molecule has 0 unspecified atom stereocenters. The van der Waals surface area contributed by atoms with Crippen LogP contribution in [0, 0.1) is 0 Å². The van der Waals surface area contributed by atoms with Gasteiger partial charge in [0.05, 0.1) is 12.8 Å². The van der Waals surface area contributed by atoms with Crippen LogP contribution < -0.4 is 15.4 Å². The highest BCUT2D eigenvalue weighted by atomic mass is 16.5. The summed E-state index contributed by atoms with van der Waals surface area (Å²) in [6.07, 6.45) is 0.629. The Morgan fingerprint density at radius 1 is 1.06 bits per heavy atom. The van der Waals surface area contributed by atoms with Crippen molar-refractivity contribution in [2.24, 2.45) is 0 Å². The molecule has 0 aromatic heterocycles. The third-order valence-corrected chi connectivity index (χ3v) is 2.48. The Hall–Kier alpha value is -2.49. The second-order valence-corrected chi connectivity index (χ2v) is 3.67. The third-order valence-electron chi connectivity index (χ3n) is 2.48. The molecule has 92 valence electrons. The van der Waals surface area contributed by atoms with Crippen molar-refractivity contribution in [2.75, 3.05) is 17.7 Å². The van der Waals surface area contributed by atoms with E-state index in [4.69, 9.17) is 4.74 Å². The van der Waals surface area contributed by atoms with Gasteiger partial charge in [0, 0.05) is 11.4 Å². The molecule has 18 heavy (non-hydrogen) atoms. The lowest BCUT2D eigenvalue weighted by Gasteiger charge is -2.11. The van der Waals surface area contributed by atoms with Gasteiger partial charge in [-0.25, -0.2) is 0 Å². The Morgan fingerprint density at radius 2 is 1.83 bits per heavy atom. The van der Waals surface area contributed by atoms with Crippen LogP contribution in [0.3, 0.4) is 0 Å². The Labute approximate surface area is 106 Å². The second-order valence-electron chi connectivity index (χ2n) is 3.67. The minimum atomic E-state index is 0.626. The molecule has 0 atom stereocenters. The zero-order valence-corrected chi connectivity index (χ0v) is 10.0. The van der Waals surface area contributed by atoms with Crippen LogP contribution in [0.2, 0.25) is 0 Å². The molecule has 4 heteroatoms. The summed E-state index contributed by atoms with van der Waals surface area (Å²) in [7, 11) is 1.57. The minimum Gasteiger partial charge on any atom is -0.495 e. The van der Waals surface area contributed by atoms with Crippen molar-refractivity contribution < 1.29 is 9.53 Å². The van der Waals surface area contributed by atoms with Crippen LogP contribution in [0.25, 0.3) is 0 Å². The summed E-state index contributed by atoms with van der Waals surface area (Å²) in [5.74, 6) is 0.626. The molecule has 4 nitrogen and oxygen atoms in total. The standard InChI is InChI=1S/C14H14N2O2/c1-18-14-8-7-12(9-13(14)15-10-17)16-11-5-3-2-4-6-11/h2-10,16H,1H3,(H,15,17). The highest BCUT2D eigenvalue weighted by Gasteiger charge is 2.03. The zero-order chi connectivity index (χ0) is 12.8. The number of methoxy groups -OCH3 is 1. The molecule has 1 amide bonds. The average Bonchev–Trinajstić information content (AvgIpc) is 2.41. The molecule has 0 aliphatic carbocycles. The smallest absolute Gasteiger partial charge is 0.211 e. The van der Waals surface area contributed by atoms with E-state index in [1.54, 1.807) is 13.2 Å². The molecule has 0 aliphatic heterocycles.